The Balaban J connectivity index is 1.85. The summed E-state index contributed by atoms with van der Waals surface area (Å²) >= 11 is 0. The van der Waals surface area contributed by atoms with Gasteiger partial charge in [-0.05, 0) is 30.9 Å². The number of carbonyl (C=O) groups is 2. The van der Waals surface area contributed by atoms with Crippen LogP contribution in [0.25, 0.3) is 0 Å². The Hall–Kier alpha value is -1.91. The second-order valence-corrected chi connectivity index (χ2v) is 7.49. The van der Waals surface area contributed by atoms with Gasteiger partial charge in [0.1, 0.15) is 5.82 Å². The summed E-state index contributed by atoms with van der Waals surface area (Å²) in [7, 11) is 0. The number of hydrogen-bond acceptors (Lipinski definition) is 2. The molecule has 1 heterocycles. The van der Waals surface area contributed by atoms with Crippen LogP contribution in [-0.4, -0.2) is 36.3 Å². The number of likely N-dealkylation sites (tertiary alicyclic amines) is 1. The zero-order valence-electron chi connectivity index (χ0n) is 15.5. The molecule has 0 atom stereocenters. The van der Waals surface area contributed by atoms with E-state index >= 15 is 0 Å². The topological polar surface area (TPSA) is 49.4 Å². The van der Waals surface area contributed by atoms with Crippen molar-refractivity contribution in [2.75, 3.05) is 19.6 Å². The molecule has 0 aliphatic carbocycles. The van der Waals surface area contributed by atoms with Crippen molar-refractivity contribution < 1.29 is 14.0 Å². The fourth-order valence-electron chi connectivity index (χ4n) is 3.32. The summed E-state index contributed by atoms with van der Waals surface area (Å²) in [6.07, 6.45) is 2.82. The average molecular weight is 348 g/mol. The van der Waals surface area contributed by atoms with Crippen LogP contribution < -0.4 is 5.32 Å². The lowest BCUT2D eigenvalue weighted by Crippen LogP contribution is -2.45. The number of halogens is 1. The van der Waals surface area contributed by atoms with E-state index in [2.05, 4.69) is 5.32 Å². The number of benzene rings is 1. The first-order chi connectivity index (χ1) is 11.8. The monoisotopic (exact) mass is 348 g/mol. The molecule has 1 N–H and O–H groups in total. The molecule has 1 aliphatic heterocycles. The van der Waals surface area contributed by atoms with E-state index in [0.717, 1.165) is 6.42 Å². The number of amides is 2. The van der Waals surface area contributed by atoms with E-state index in [1.54, 1.807) is 12.1 Å². The van der Waals surface area contributed by atoms with Crippen LogP contribution in [-0.2, 0) is 15.0 Å². The molecule has 2 rings (SSSR count). The zero-order valence-corrected chi connectivity index (χ0v) is 15.5. The molecule has 0 bridgehead atoms. The summed E-state index contributed by atoms with van der Waals surface area (Å²) in [6.45, 7) is 7.54. The second-order valence-electron chi connectivity index (χ2n) is 7.49. The van der Waals surface area contributed by atoms with Gasteiger partial charge in [0.15, 0.2) is 0 Å². The Morgan fingerprint density at radius 1 is 1.24 bits per heavy atom. The lowest BCUT2D eigenvalue weighted by Gasteiger charge is -2.32. The Morgan fingerprint density at radius 3 is 2.48 bits per heavy atom. The van der Waals surface area contributed by atoms with Crippen molar-refractivity contribution >= 4 is 11.8 Å². The lowest BCUT2D eigenvalue weighted by molar-refractivity contribution is -0.135. The van der Waals surface area contributed by atoms with Gasteiger partial charge in [-0.2, -0.15) is 0 Å². The highest BCUT2D eigenvalue weighted by atomic mass is 19.1. The van der Waals surface area contributed by atoms with Gasteiger partial charge in [-0.15, -0.1) is 0 Å². The van der Waals surface area contributed by atoms with E-state index in [-0.39, 0.29) is 23.5 Å². The lowest BCUT2D eigenvalue weighted by atomic mass is 9.84. The van der Waals surface area contributed by atoms with Crippen LogP contribution in [0.3, 0.4) is 0 Å². The molecule has 0 spiro atoms. The van der Waals surface area contributed by atoms with Crippen molar-refractivity contribution in [3.05, 3.63) is 35.6 Å². The first kappa shape index (κ1) is 19.4. The van der Waals surface area contributed by atoms with Crippen molar-refractivity contribution in [1.29, 1.82) is 0 Å². The van der Waals surface area contributed by atoms with E-state index in [4.69, 9.17) is 0 Å². The number of rotatable bonds is 6. The Morgan fingerprint density at radius 2 is 1.88 bits per heavy atom. The summed E-state index contributed by atoms with van der Waals surface area (Å²) in [5.41, 5.74) is 0.133. The molecule has 0 unspecified atom stereocenters. The molecule has 0 aromatic heterocycles. The van der Waals surface area contributed by atoms with Crippen molar-refractivity contribution in [2.45, 2.75) is 51.9 Å². The predicted molar refractivity (Wildman–Crippen MR) is 96.6 cm³/mol. The minimum absolute atomic E-state index is 0.00649. The molecule has 1 aromatic carbocycles. The van der Waals surface area contributed by atoms with Gasteiger partial charge in [-0.25, -0.2) is 4.39 Å². The van der Waals surface area contributed by atoms with Crippen LogP contribution in [0, 0.1) is 11.7 Å². The fraction of sp³-hybridized carbons (Fsp3) is 0.600. The van der Waals surface area contributed by atoms with Crippen LogP contribution in [0.2, 0.25) is 0 Å². The first-order valence-corrected chi connectivity index (χ1v) is 9.15. The molecule has 138 valence electrons. The SMILES string of the molecule is CCCC(=O)N1CCC(C(=O)NCC(C)(C)c2ccccc2F)CC1. The molecule has 0 saturated carbocycles. The number of nitrogens with one attached hydrogen (secondary N) is 1. The predicted octanol–water partition coefficient (Wildman–Crippen LogP) is 3.26. The number of hydrogen-bond donors (Lipinski definition) is 1. The van der Waals surface area contributed by atoms with Gasteiger partial charge in [0.05, 0.1) is 0 Å². The third-order valence-electron chi connectivity index (χ3n) is 4.99. The molecule has 5 heteroatoms. The van der Waals surface area contributed by atoms with Gasteiger partial charge >= 0.3 is 0 Å². The largest absolute Gasteiger partial charge is 0.355 e. The van der Waals surface area contributed by atoms with Crippen LogP contribution >= 0.6 is 0 Å². The van der Waals surface area contributed by atoms with E-state index in [1.165, 1.54) is 6.07 Å². The molecular weight excluding hydrogens is 319 g/mol. The number of carbonyl (C=O) groups excluding carboxylic acids is 2. The fourth-order valence-corrected chi connectivity index (χ4v) is 3.32. The molecule has 2 amide bonds. The third kappa shape index (κ3) is 5.03. The first-order valence-electron chi connectivity index (χ1n) is 9.15. The average Bonchev–Trinajstić information content (AvgIpc) is 2.60. The second kappa shape index (κ2) is 8.45. The Bertz CT molecular complexity index is 607. The highest BCUT2D eigenvalue weighted by molar-refractivity contribution is 5.80. The molecule has 1 aromatic rings. The van der Waals surface area contributed by atoms with Gasteiger partial charge in [0, 0.05) is 37.4 Å². The molecule has 0 radical (unpaired) electrons. The van der Waals surface area contributed by atoms with Crippen LogP contribution in [0.15, 0.2) is 24.3 Å². The normalized spacial score (nSPS) is 15.9. The van der Waals surface area contributed by atoms with Gasteiger partial charge in [-0.1, -0.05) is 39.0 Å². The van der Waals surface area contributed by atoms with E-state index < -0.39 is 5.41 Å². The standard InChI is InChI=1S/C20H29FN2O2/c1-4-7-18(24)23-12-10-15(11-13-23)19(25)22-14-20(2,3)16-8-5-6-9-17(16)21/h5-6,8-9,15H,4,7,10-14H2,1-3H3,(H,22,25). The smallest absolute Gasteiger partial charge is 0.223 e. The van der Waals surface area contributed by atoms with Crippen molar-refractivity contribution in [3.63, 3.8) is 0 Å². The maximum Gasteiger partial charge on any atom is 0.223 e. The highest BCUT2D eigenvalue weighted by Crippen LogP contribution is 2.25. The van der Waals surface area contributed by atoms with Gasteiger partial charge in [-0.3, -0.25) is 9.59 Å². The summed E-state index contributed by atoms with van der Waals surface area (Å²) in [6, 6.07) is 6.69. The van der Waals surface area contributed by atoms with Crippen LogP contribution in [0.4, 0.5) is 4.39 Å². The minimum Gasteiger partial charge on any atom is -0.355 e. The van der Waals surface area contributed by atoms with Crippen LogP contribution in [0.1, 0.15) is 52.0 Å². The van der Waals surface area contributed by atoms with Crippen molar-refractivity contribution in [2.24, 2.45) is 5.92 Å². The third-order valence-corrected chi connectivity index (χ3v) is 4.99. The molecule has 25 heavy (non-hydrogen) atoms. The van der Waals surface area contributed by atoms with E-state index in [0.29, 0.717) is 44.5 Å². The van der Waals surface area contributed by atoms with Gasteiger partial charge in [0.25, 0.3) is 0 Å². The Labute approximate surface area is 149 Å². The van der Waals surface area contributed by atoms with Crippen molar-refractivity contribution in [3.8, 4) is 0 Å². The quantitative estimate of drug-likeness (QED) is 0.858. The molecule has 1 fully saturated rings. The molecule has 1 saturated heterocycles. The summed E-state index contributed by atoms with van der Waals surface area (Å²) in [4.78, 5) is 26.2. The zero-order chi connectivity index (χ0) is 18.4. The van der Waals surface area contributed by atoms with Crippen molar-refractivity contribution in [1.82, 2.24) is 10.2 Å². The Kier molecular flexibility index (Phi) is 6.57. The molecular formula is C20H29FN2O2. The summed E-state index contributed by atoms with van der Waals surface area (Å²) in [5.74, 6) is -0.124. The van der Waals surface area contributed by atoms with E-state index in [1.807, 2.05) is 31.7 Å². The maximum absolute atomic E-state index is 14.0. The van der Waals surface area contributed by atoms with Gasteiger partial charge < -0.3 is 10.2 Å². The summed E-state index contributed by atoms with van der Waals surface area (Å²) in [5, 5.41) is 2.98. The summed E-state index contributed by atoms with van der Waals surface area (Å²) < 4.78 is 14.0. The highest BCUT2D eigenvalue weighted by Gasteiger charge is 2.29. The molecule has 1 aliphatic rings. The number of nitrogens with zero attached hydrogens (tertiary/aromatic N) is 1. The van der Waals surface area contributed by atoms with Crippen LogP contribution in [0.5, 0.6) is 0 Å². The number of piperidine rings is 1. The molecule has 4 nitrogen and oxygen atoms in total. The van der Waals surface area contributed by atoms with Gasteiger partial charge in [0.2, 0.25) is 11.8 Å². The van der Waals surface area contributed by atoms with E-state index in [9.17, 15) is 14.0 Å². The minimum atomic E-state index is -0.473. The maximum atomic E-state index is 14.0.